The van der Waals surface area contributed by atoms with Crippen LogP contribution in [-0.2, 0) is 27.1 Å². The Kier molecular flexibility index (Phi) is 7.15. The van der Waals surface area contributed by atoms with Gasteiger partial charge in [0, 0.05) is 13.1 Å². The summed E-state index contributed by atoms with van der Waals surface area (Å²) in [5.41, 5.74) is 1.91. The lowest BCUT2D eigenvalue weighted by molar-refractivity contribution is 0.0834. The molecule has 0 fully saturated rings. The largest absolute Gasteiger partial charge is 0.377 e. The molecule has 6 heteroatoms. The van der Waals surface area contributed by atoms with Crippen molar-refractivity contribution in [2.24, 2.45) is 0 Å². The fourth-order valence-corrected chi connectivity index (χ4v) is 2.85. The van der Waals surface area contributed by atoms with E-state index in [0.717, 1.165) is 17.7 Å². The van der Waals surface area contributed by atoms with Crippen LogP contribution in [0.2, 0.25) is 0 Å². The molecule has 0 amide bonds. The van der Waals surface area contributed by atoms with Crippen molar-refractivity contribution >= 4 is 10.0 Å². The SMILES string of the molecule is CNCc1ccc(CS(=O)(=O)NCCOC(C)C)cc1. The minimum Gasteiger partial charge on any atom is -0.377 e. The van der Waals surface area contributed by atoms with Crippen LogP contribution in [0.15, 0.2) is 24.3 Å². The maximum atomic E-state index is 11.9. The maximum Gasteiger partial charge on any atom is 0.215 e. The molecule has 0 bridgehead atoms. The molecule has 0 aliphatic heterocycles. The molecule has 0 spiro atoms. The van der Waals surface area contributed by atoms with Crippen LogP contribution in [0.4, 0.5) is 0 Å². The summed E-state index contributed by atoms with van der Waals surface area (Å²) in [5.74, 6) is -0.00544. The van der Waals surface area contributed by atoms with E-state index < -0.39 is 10.0 Å². The Labute approximate surface area is 121 Å². The highest BCUT2D eigenvalue weighted by atomic mass is 32.2. The average Bonchev–Trinajstić information content (AvgIpc) is 2.37. The Morgan fingerprint density at radius 3 is 2.30 bits per heavy atom. The molecule has 5 nitrogen and oxygen atoms in total. The van der Waals surface area contributed by atoms with E-state index in [4.69, 9.17) is 4.74 Å². The number of sulfonamides is 1. The highest BCUT2D eigenvalue weighted by Gasteiger charge is 2.10. The van der Waals surface area contributed by atoms with Gasteiger partial charge < -0.3 is 10.1 Å². The molecule has 0 radical (unpaired) electrons. The van der Waals surface area contributed by atoms with Gasteiger partial charge in [0.25, 0.3) is 0 Å². The zero-order valence-electron chi connectivity index (χ0n) is 12.3. The van der Waals surface area contributed by atoms with E-state index in [-0.39, 0.29) is 11.9 Å². The second-order valence-electron chi connectivity index (χ2n) is 4.92. The minimum atomic E-state index is -3.30. The third kappa shape index (κ3) is 7.00. The van der Waals surface area contributed by atoms with E-state index in [1.807, 2.05) is 45.2 Å². The van der Waals surface area contributed by atoms with Crippen LogP contribution < -0.4 is 10.0 Å². The topological polar surface area (TPSA) is 67.4 Å². The summed E-state index contributed by atoms with van der Waals surface area (Å²) in [4.78, 5) is 0. The fraction of sp³-hybridized carbons (Fsp3) is 0.571. The van der Waals surface area contributed by atoms with Crippen LogP contribution in [0.25, 0.3) is 0 Å². The molecule has 0 aliphatic rings. The van der Waals surface area contributed by atoms with Crippen LogP contribution in [0.3, 0.4) is 0 Å². The van der Waals surface area contributed by atoms with Crippen molar-refractivity contribution in [2.45, 2.75) is 32.2 Å². The van der Waals surface area contributed by atoms with E-state index in [1.165, 1.54) is 0 Å². The van der Waals surface area contributed by atoms with Gasteiger partial charge >= 0.3 is 0 Å². The van der Waals surface area contributed by atoms with Gasteiger partial charge in [0.05, 0.1) is 18.5 Å². The van der Waals surface area contributed by atoms with Gasteiger partial charge in [-0.15, -0.1) is 0 Å². The van der Waals surface area contributed by atoms with Crippen molar-refractivity contribution in [3.8, 4) is 0 Å². The predicted octanol–water partition coefficient (Wildman–Crippen LogP) is 1.25. The van der Waals surface area contributed by atoms with Crippen LogP contribution >= 0.6 is 0 Å². The van der Waals surface area contributed by atoms with Gasteiger partial charge in [-0.25, -0.2) is 13.1 Å². The second kappa shape index (κ2) is 8.36. The molecule has 114 valence electrons. The summed E-state index contributed by atoms with van der Waals surface area (Å²) in [6, 6.07) is 7.56. The molecule has 1 aromatic carbocycles. The number of hydrogen-bond donors (Lipinski definition) is 2. The monoisotopic (exact) mass is 300 g/mol. The third-order valence-corrected chi connectivity index (χ3v) is 3.99. The first-order valence-corrected chi connectivity index (χ1v) is 8.39. The van der Waals surface area contributed by atoms with Crippen molar-refractivity contribution in [3.63, 3.8) is 0 Å². The lowest BCUT2D eigenvalue weighted by Gasteiger charge is -2.09. The Morgan fingerprint density at radius 2 is 1.75 bits per heavy atom. The number of benzene rings is 1. The van der Waals surface area contributed by atoms with E-state index in [2.05, 4.69) is 10.0 Å². The molecule has 0 saturated carbocycles. The van der Waals surface area contributed by atoms with Gasteiger partial charge in [0.2, 0.25) is 10.0 Å². The standard InChI is InChI=1S/C14H24N2O3S/c1-12(2)19-9-8-16-20(17,18)11-14-6-4-13(5-7-14)10-15-3/h4-7,12,15-16H,8-11H2,1-3H3. The van der Waals surface area contributed by atoms with Gasteiger partial charge in [0.1, 0.15) is 0 Å². The molecule has 1 aromatic rings. The van der Waals surface area contributed by atoms with Gasteiger partial charge in [-0.2, -0.15) is 0 Å². The molecular weight excluding hydrogens is 276 g/mol. The first kappa shape index (κ1) is 17.1. The van der Waals surface area contributed by atoms with Crippen LogP contribution in [0.5, 0.6) is 0 Å². The van der Waals surface area contributed by atoms with Crippen molar-refractivity contribution in [1.29, 1.82) is 0 Å². The van der Waals surface area contributed by atoms with Gasteiger partial charge in [0.15, 0.2) is 0 Å². The summed E-state index contributed by atoms with van der Waals surface area (Å²) in [5, 5.41) is 3.05. The number of ether oxygens (including phenoxy) is 1. The maximum absolute atomic E-state index is 11.9. The zero-order chi connectivity index (χ0) is 15.0. The summed E-state index contributed by atoms with van der Waals surface area (Å²) in [7, 11) is -1.43. The fourth-order valence-electron chi connectivity index (χ4n) is 1.72. The van der Waals surface area contributed by atoms with Gasteiger partial charge in [-0.1, -0.05) is 24.3 Å². The Morgan fingerprint density at radius 1 is 1.15 bits per heavy atom. The quantitative estimate of drug-likeness (QED) is 0.674. The molecule has 0 unspecified atom stereocenters. The second-order valence-corrected chi connectivity index (χ2v) is 6.73. The van der Waals surface area contributed by atoms with Crippen LogP contribution in [-0.4, -0.2) is 34.7 Å². The van der Waals surface area contributed by atoms with E-state index in [1.54, 1.807) is 0 Å². The molecule has 20 heavy (non-hydrogen) atoms. The first-order valence-electron chi connectivity index (χ1n) is 6.74. The number of nitrogens with one attached hydrogen (secondary N) is 2. The highest BCUT2D eigenvalue weighted by Crippen LogP contribution is 2.07. The Bertz CT molecular complexity index is 484. The minimum absolute atomic E-state index is 0.00544. The zero-order valence-corrected chi connectivity index (χ0v) is 13.2. The van der Waals surface area contributed by atoms with Crippen LogP contribution in [0.1, 0.15) is 25.0 Å². The molecule has 0 aromatic heterocycles. The van der Waals surface area contributed by atoms with Crippen LogP contribution in [0, 0.1) is 0 Å². The van der Waals surface area contributed by atoms with Crippen molar-refractivity contribution in [1.82, 2.24) is 10.0 Å². The molecule has 0 aliphatic carbocycles. The molecule has 0 atom stereocenters. The smallest absolute Gasteiger partial charge is 0.215 e. The first-order chi connectivity index (χ1) is 9.43. The highest BCUT2D eigenvalue weighted by molar-refractivity contribution is 7.88. The third-order valence-electron chi connectivity index (χ3n) is 2.64. The van der Waals surface area contributed by atoms with E-state index in [0.29, 0.717) is 13.2 Å². The van der Waals surface area contributed by atoms with Crippen molar-refractivity contribution in [2.75, 3.05) is 20.2 Å². The lowest BCUT2D eigenvalue weighted by Crippen LogP contribution is -2.29. The molecule has 1 rings (SSSR count). The normalized spacial score (nSPS) is 12.0. The summed E-state index contributed by atoms with van der Waals surface area (Å²) >= 11 is 0. The summed E-state index contributed by atoms with van der Waals surface area (Å²) in [6.07, 6.45) is 0.110. The number of hydrogen-bond acceptors (Lipinski definition) is 4. The molecule has 0 saturated heterocycles. The lowest BCUT2D eigenvalue weighted by atomic mass is 10.1. The predicted molar refractivity (Wildman–Crippen MR) is 80.9 cm³/mol. The Balaban J connectivity index is 2.45. The molecule has 0 heterocycles. The van der Waals surface area contributed by atoms with Gasteiger partial charge in [-0.3, -0.25) is 0 Å². The number of rotatable bonds is 9. The Hall–Kier alpha value is -0.950. The van der Waals surface area contributed by atoms with Gasteiger partial charge in [-0.05, 0) is 32.0 Å². The van der Waals surface area contributed by atoms with Crippen molar-refractivity contribution < 1.29 is 13.2 Å². The van der Waals surface area contributed by atoms with Crippen molar-refractivity contribution in [3.05, 3.63) is 35.4 Å². The average molecular weight is 300 g/mol. The van der Waals surface area contributed by atoms with E-state index >= 15 is 0 Å². The van der Waals surface area contributed by atoms with E-state index in [9.17, 15) is 8.42 Å². The summed E-state index contributed by atoms with van der Waals surface area (Å²) < 4.78 is 31.6. The molecular formula is C14H24N2O3S. The molecule has 2 N–H and O–H groups in total. The summed E-state index contributed by atoms with van der Waals surface area (Å²) in [6.45, 7) is 5.30.